The molecule has 0 spiro atoms. The molecule has 0 saturated heterocycles. The van der Waals surface area contributed by atoms with Gasteiger partial charge in [0.1, 0.15) is 0 Å². The van der Waals surface area contributed by atoms with E-state index in [2.05, 4.69) is 12.2 Å². The van der Waals surface area contributed by atoms with Crippen molar-refractivity contribution < 1.29 is 5.11 Å². The van der Waals surface area contributed by atoms with E-state index in [4.69, 9.17) is 0 Å². The van der Waals surface area contributed by atoms with Crippen LogP contribution in [0.1, 0.15) is 51.4 Å². The third-order valence-electron chi connectivity index (χ3n) is 5.31. The van der Waals surface area contributed by atoms with Crippen LogP contribution in [0.4, 0.5) is 0 Å². The van der Waals surface area contributed by atoms with E-state index in [1.165, 1.54) is 44.9 Å². The molecule has 0 radical (unpaired) electrons. The number of fused-ring (bicyclic) bond motifs is 1. The van der Waals surface area contributed by atoms with Crippen LogP contribution in [0.2, 0.25) is 0 Å². The van der Waals surface area contributed by atoms with Crippen molar-refractivity contribution in [3.63, 3.8) is 0 Å². The molecule has 2 fully saturated rings. The van der Waals surface area contributed by atoms with E-state index in [0.717, 1.165) is 24.2 Å². The summed E-state index contributed by atoms with van der Waals surface area (Å²) in [5.41, 5.74) is 0. The van der Waals surface area contributed by atoms with Crippen LogP contribution in [0.15, 0.2) is 12.2 Å². The van der Waals surface area contributed by atoms with Crippen molar-refractivity contribution in [1.82, 2.24) is 0 Å². The van der Waals surface area contributed by atoms with Gasteiger partial charge in [-0.1, -0.05) is 25.0 Å². The van der Waals surface area contributed by atoms with Crippen molar-refractivity contribution in [3.05, 3.63) is 12.2 Å². The van der Waals surface area contributed by atoms with E-state index in [-0.39, 0.29) is 6.10 Å². The van der Waals surface area contributed by atoms with Crippen LogP contribution < -0.4 is 0 Å². The van der Waals surface area contributed by atoms with E-state index in [0.29, 0.717) is 5.92 Å². The lowest BCUT2D eigenvalue weighted by Gasteiger charge is -2.46. The summed E-state index contributed by atoms with van der Waals surface area (Å²) >= 11 is 0. The van der Waals surface area contributed by atoms with Gasteiger partial charge in [-0.3, -0.25) is 0 Å². The van der Waals surface area contributed by atoms with Gasteiger partial charge in [-0.25, -0.2) is 0 Å². The first-order valence-corrected chi connectivity index (χ1v) is 7.21. The average Bonchev–Trinajstić information content (AvgIpc) is 2.83. The van der Waals surface area contributed by atoms with Crippen molar-refractivity contribution in [2.75, 3.05) is 0 Å². The van der Waals surface area contributed by atoms with Gasteiger partial charge in [0.25, 0.3) is 0 Å². The second-order valence-electron chi connectivity index (χ2n) is 6.09. The quantitative estimate of drug-likeness (QED) is 0.670. The number of allylic oxidation sites excluding steroid dienone is 2. The lowest BCUT2D eigenvalue weighted by Crippen LogP contribution is -2.41. The summed E-state index contributed by atoms with van der Waals surface area (Å²) in [6.45, 7) is 0. The third kappa shape index (κ3) is 1.84. The van der Waals surface area contributed by atoms with Gasteiger partial charge >= 0.3 is 0 Å². The zero-order valence-electron chi connectivity index (χ0n) is 10.1. The van der Waals surface area contributed by atoms with Crippen LogP contribution in [0.3, 0.4) is 0 Å². The maximum absolute atomic E-state index is 10.1. The molecule has 1 nitrogen and oxygen atoms in total. The lowest BCUT2D eigenvalue weighted by atomic mass is 9.61. The summed E-state index contributed by atoms with van der Waals surface area (Å²) in [5, 5.41) is 10.1. The van der Waals surface area contributed by atoms with Crippen LogP contribution in [0, 0.1) is 23.7 Å². The van der Waals surface area contributed by atoms with Crippen molar-refractivity contribution in [3.8, 4) is 0 Å². The first-order chi connectivity index (χ1) is 7.86. The molecule has 90 valence electrons. The number of rotatable bonds is 1. The van der Waals surface area contributed by atoms with E-state index in [1.54, 1.807) is 0 Å². The molecule has 0 aliphatic heterocycles. The zero-order valence-corrected chi connectivity index (χ0v) is 10.1. The second kappa shape index (κ2) is 4.52. The SMILES string of the molecule is OC1CCC(C2C=CCC2)C2CCCCC12. The minimum absolute atomic E-state index is 0.0203. The molecule has 2 saturated carbocycles. The molecule has 1 N–H and O–H groups in total. The molecule has 0 aromatic rings. The summed E-state index contributed by atoms with van der Waals surface area (Å²) < 4.78 is 0. The Morgan fingerprint density at radius 3 is 2.38 bits per heavy atom. The Hall–Kier alpha value is -0.300. The second-order valence-corrected chi connectivity index (χ2v) is 6.09. The lowest BCUT2D eigenvalue weighted by molar-refractivity contribution is -0.0312. The molecule has 5 unspecified atom stereocenters. The molecule has 3 aliphatic carbocycles. The predicted molar refractivity (Wildman–Crippen MR) is 66.0 cm³/mol. The van der Waals surface area contributed by atoms with Gasteiger partial charge in [0.15, 0.2) is 0 Å². The molecule has 1 heteroatoms. The summed E-state index contributed by atoms with van der Waals surface area (Å²) in [6.07, 6.45) is 15.3. The van der Waals surface area contributed by atoms with Gasteiger partial charge in [-0.2, -0.15) is 0 Å². The smallest absolute Gasteiger partial charge is 0.0571 e. The van der Waals surface area contributed by atoms with Gasteiger partial charge in [0.2, 0.25) is 0 Å². The monoisotopic (exact) mass is 220 g/mol. The first kappa shape index (κ1) is 10.8. The molecule has 5 atom stereocenters. The highest BCUT2D eigenvalue weighted by Gasteiger charge is 2.42. The summed E-state index contributed by atoms with van der Waals surface area (Å²) in [7, 11) is 0. The van der Waals surface area contributed by atoms with Crippen LogP contribution in [-0.4, -0.2) is 11.2 Å². The molecule has 0 aromatic heterocycles. The normalized spacial score (nSPS) is 47.9. The molecular weight excluding hydrogens is 196 g/mol. The largest absolute Gasteiger partial charge is 0.393 e. The minimum Gasteiger partial charge on any atom is -0.393 e. The van der Waals surface area contributed by atoms with Crippen molar-refractivity contribution in [1.29, 1.82) is 0 Å². The average molecular weight is 220 g/mol. The Morgan fingerprint density at radius 1 is 0.812 bits per heavy atom. The van der Waals surface area contributed by atoms with Gasteiger partial charge in [0, 0.05) is 0 Å². The van der Waals surface area contributed by atoms with Crippen LogP contribution in [0.25, 0.3) is 0 Å². The van der Waals surface area contributed by atoms with Gasteiger partial charge in [-0.05, 0) is 62.2 Å². The van der Waals surface area contributed by atoms with E-state index < -0.39 is 0 Å². The molecular formula is C15H24O. The van der Waals surface area contributed by atoms with E-state index in [9.17, 15) is 5.11 Å². The minimum atomic E-state index is 0.0203. The van der Waals surface area contributed by atoms with Gasteiger partial charge < -0.3 is 5.11 Å². The van der Waals surface area contributed by atoms with Crippen LogP contribution in [-0.2, 0) is 0 Å². The van der Waals surface area contributed by atoms with E-state index >= 15 is 0 Å². The van der Waals surface area contributed by atoms with Crippen LogP contribution in [0.5, 0.6) is 0 Å². The summed E-state index contributed by atoms with van der Waals surface area (Å²) in [5.74, 6) is 3.22. The highest BCUT2D eigenvalue weighted by molar-refractivity contribution is 5.03. The fraction of sp³-hybridized carbons (Fsp3) is 0.867. The van der Waals surface area contributed by atoms with Crippen molar-refractivity contribution in [2.45, 2.75) is 57.5 Å². The number of hydrogen-bond acceptors (Lipinski definition) is 1. The number of hydrogen-bond donors (Lipinski definition) is 1. The number of aliphatic hydroxyl groups excluding tert-OH is 1. The van der Waals surface area contributed by atoms with E-state index in [1.807, 2.05) is 0 Å². The Bertz CT molecular complexity index is 271. The highest BCUT2D eigenvalue weighted by atomic mass is 16.3. The Morgan fingerprint density at radius 2 is 1.62 bits per heavy atom. The van der Waals surface area contributed by atoms with Crippen molar-refractivity contribution >= 4 is 0 Å². The molecule has 0 amide bonds. The molecule has 3 aliphatic rings. The highest BCUT2D eigenvalue weighted by Crippen LogP contribution is 2.48. The maximum atomic E-state index is 10.1. The topological polar surface area (TPSA) is 20.2 Å². The fourth-order valence-corrected chi connectivity index (χ4v) is 4.53. The molecule has 0 bridgehead atoms. The molecule has 3 rings (SSSR count). The summed E-state index contributed by atoms with van der Waals surface area (Å²) in [4.78, 5) is 0. The predicted octanol–water partition coefficient (Wildman–Crippen LogP) is 3.53. The third-order valence-corrected chi connectivity index (χ3v) is 5.31. The Balaban J connectivity index is 1.75. The molecule has 16 heavy (non-hydrogen) atoms. The molecule has 0 heterocycles. The Kier molecular flexibility index (Phi) is 3.06. The Labute approximate surface area is 98.9 Å². The van der Waals surface area contributed by atoms with Gasteiger partial charge in [-0.15, -0.1) is 0 Å². The standard InChI is InChI=1S/C15H24O/c16-15-10-9-12(11-5-1-2-6-11)13-7-3-4-8-14(13)15/h1,5,11-16H,2-4,6-10H2. The van der Waals surface area contributed by atoms with Crippen molar-refractivity contribution in [2.24, 2.45) is 23.7 Å². The zero-order chi connectivity index (χ0) is 11.0. The number of aliphatic hydroxyl groups is 1. The van der Waals surface area contributed by atoms with Crippen LogP contribution >= 0.6 is 0 Å². The first-order valence-electron chi connectivity index (χ1n) is 7.21. The maximum Gasteiger partial charge on any atom is 0.0571 e. The van der Waals surface area contributed by atoms with Gasteiger partial charge in [0.05, 0.1) is 6.10 Å². The fourth-order valence-electron chi connectivity index (χ4n) is 4.53. The summed E-state index contributed by atoms with van der Waals surface area (Å²) in [6, 6.07) is 0. The molecule has 0 aromatic carbocycles.